The lowest BCUT2D eigenvalue weighted by atomic mass is 9.96. The SMILES string of the molecule is Cc1noc(C)c1CSCC(=O)NC(C)(C(=O)O)C1CC1. The van der Waals surface area contributed by atoms with Crippen molar-refractivity contribution >= 4 is 23.6 Å². The third kappa shape index (κ3) is 3.58. The molecule has 1 aromatic heterocycles. The molecule has 116 valence electrons. The van der Waals surface area contributed by atoms with Gasteiger partial charge in [-0.15, -0.1) is 11.8 Å². The van der Waals surface area contributed by atoms with E-state index in [2.05, 4.69) is 10.5 Å². The zero-order valence-corrected chi connectivity index (χ0v) is 13.2. The third-order valence-electron chi connectivity index (χ3n) is 3.90. The Bertz CT molecular complexity index is 534. The number of aliphatic carboxylic acids is 1. The van der Waals surface area contributed by atoms with Crippen molar-refractivity contribution in [1.82, 2.24) is 10.5 Å². The van der Waals surface area contributed by atoms with Crippen molar-refractivity contribution in [2.75, 3.05) is 5.75 Å². The van der Waals surface area contributed by atoms with Crippen LogP contribution in [0, 0.1) is 19.8 Å². The zero-order chi connectivity index (χ0) is 15.6. The zero-order valence-electron chi connectivity index (χ0n) is 12.4. The van der Waals surface area contributed by atoms with E-state index < -0.39 is 11.5 Å². The first-order valence-corrected chi connectivity index (χ1v) is 8.04. The number of rotatable bonds is 7. The number of carboxylic acids is 1. The summed E-state index contributed by atoms with van der Waals surface area (Å²) in [4.78, 5) is 23.3. The number of nitrogens with one attached hydrogen (secondary N) is 1. The Labute approximate surface area is 127 Å². The van der Waals surface area contributed by atoms with Gasteiger partial charge in [0.15, 0.2) is 0 Å². The minimum Gasteiger partial charge on any atom is -0.480 e. The number of carboxylic acid groups (broad SMARTS) is 1. The first-order chi connectivity index (χ1) is 9.84. The fraction of sp³-hybridized carbons (Fsp3) is 0.643. The summed E-state index contributed by atoms with van der Waals surface area (Å²) in [7, 11) is 0. The molecule has 1 heterocycles. The Morgan fingerprint density at radius 3 is 2.62 bits per heavy atom. The molecule has 1 saturated carbocycles. The molecule has 1 aromatic rings. The molecule has 1 amide bonds. The molecule has 1 fully saturated rings. The quantitative estimate of drug-likeness (QED) is 0.799. The van der Waals surface area contributed by atoms with Crippen LogP contribution in [0.3, 0.4) is 0 Å². The molecule has 6 nitrogen and oxygen atoms in total. The Morgan fingerprint density at radius 1 is 1.48 bits per heavy atom. The number of amides is 1. The molecule has 0 spiro atoms. The van der Waals surface area contributed by atoms with Gasteiger partial charge in [0, 0.05) is 11.3 Å². The molecule has 0 aromatic carbocycles. The average Bonchev–Trinajstić information content (AvgIpc) is 3.20. The second kappa shape index (κ2) is 6.09. The fourth-order valence-electron chi connectivity index (χ4n) is 2.27. The third-order valence-corrected chi connectivity index (χ3v) is 4.86. The van der Waals surface area contributed by atoms with Crippen molar-refractivity contribution in [2.24, 2.45) is 5.92 Å². The lowest BCUT2D eigenvalue weighted by molar-refractivity contribution is -0.147. The van der Waals surface area contributed by atoms with Gasteiger partial charge in [0.2, 0.25) is 5.91 Å². The summed E-state index contributed by atoms with van der Waals surface area (Å²) >= 11 is 1.43. The molecule has 1 unspecified atom stereocenters. The molecular formula is C14H20N2O4S. The highest BCUT2D eigenvalue weighted by molar-refractivity contribution is 7.99. The first kappa shape index (κ1) is 15.9. The largest absolute Gasteiger partial charge is 0.480 e. The Morgan fingerprint density at radius 2 is 2.14 bits per heavy atom. The van der Waals surface area contributed by atoms with Gasteiger partial charge < -0.3 is 14.9 Å². The number of carbonyl (C=O) groups is 2. The molecule has 2 rings (SSSR count). The van der Waals surface area contributed by atoms with Crippen molar-refractivity contribution < 1.29 is 19.2 Å². The predicted molar refractivity (Wildman–Crippen MR) is 79.0 cm³/mol. The number of hydrogen-bond acceptors (Lipinski definition) is 5. The van der Waals surface area contributed by atoms with Crippen LogP contribution < -0.4 is 5.32 Å². The fourth-order valence-corrected chi connectivity index (χ4v) is 3.25. The standard InChI is InChI=1S/C14H20N2O4S/c1-8-11(9(2)20-16-8)6-21-7-12(17)15-14(3,13(18)19)10-4-5-10/h10H,4-7H2,1-3H3,(H,15,17)(H,18,19). The molecule has 0 bridgehead atoms. The number of carbonyl (C=O) groups excluding carboxylic acids is 1. The number of nitrogens with zero attached hydrogens (tertiary/aromatic N) is 1. The van der Waals surface area contributed by atoms with E-state index in [9.17, 15) is 14.7 Å². The molecule has 2 N–H and O–H groups in total. The van der Waals surface area contributed by atoms with Crippen LogP contribution in [0.4, 0.5) is 0 Å². The second-order valence-corrected chi connectivity index (χ2v) is 6.61. The second-order valence-electron chi connectivity index (χ2n) is 5.63. The van der Waals surface area contributed by atoms with Crippen molar-refractivity contribution in [1.29, 1.82) is 0 Å². The summed E-state index contributed by atoms with van der Waals surface area (Å²) in [5, 5.41) is 15.8. The summed E-state index contributed by atoms with van der Waals surface area (Å²) in [6.07, 6.45) is 1.71. The highest BCUT2D eigenvalue weighted by atomic mass is 32.2. The lowest BCUT2D eigenvalue weighted by Gasteiger charge is -2.26. The molecule has 0 aliphatic heterocycles. The molecule has 1 aliphatic rings. The highest BCUT2D eigenvalue weighted by Gasteiger charge is 2.48. The number of aromatic nitrogens is 1. The number of hydrogen-bond donors (Lipinski definition) is 2. The molecule has 21 heavy (non-hydrogen) atoms. The van der Waals surface area contributed by atoms with Crippen LogP contribution in [0.2, 0.25) is 0 Å². The molecular weight excluding hydrogens is 292 g/mol. The monoisotopic (exact) mass is 312 g/mol. The van der Waals surface area contributed by atoms with E-state index in [0.29, 0.717) is 5.75 Å². The molecule has 0 saturated heterocycles. The van der Waals surface area contributed by atoms with E-state index in [1.165, 1.54) is 11.8 Å². The van der Waals surface area contributed by atoms with Crippen LogP contribution in [-0.4, -0.2) is 33.4 Å². The van der Waals surface area contributed by atoms with Crippen molar-refractivity contribution in [2.45, 2.75) is 44.9 Å². The molecule has 0 radical (unpaired) electrons. The van der Waals surface area contributed by atoms with Crippen molar-refractivity contribution in [3.8, 4) is 0 Å². The molecule has 7 heteroatoms. The van der Waals surface area contributed by atoms with Gasteiger partial charge in [0.25, 0.3) is 0 Å². The van der Waals surface area contributed by atoms with Gasteiger partial charge in [-0.2, -0.15) is 0 Å². The number of thioether (sulfide) groups is 1. The maximum Gasteiger partial charge on any atom is 0.329 e. The van der Waals surface area contributed by atoms with Gasteiger partial charge in [-0.05, 0) is 39.5 Å². The Hall–Kier alpha value is -1.50. The Balaban J connectivity index is 1.83. The van der Waals surface area contributed by atoms with E-state index in [-0.39, 0.29) is 17.6 Å². The first-order valence-electron chi connectivity index (χ1n) is 6.88. The van der Waals surface area contributed by atoms with Crippen LogP contribution in [0.15, 0.2) is 4.52 Å². The van der Waals surface area contributed by atoms with Crippen LogP contribution in [0.5, 0.6) is 0 Å². The minimum atomic E-state index is -1.14. The average molecular weight is 312 g/mol. The normalized spacial score (nSPS) is 17.3. The van der Waals surface area contributed by atoms with E-state index in [0.717, 1.165) is 29.9 Å². The van der Waals surface area contributed by atoms with Crippen LogP contribution in [-0.2, 0) is 15.3 Å². The van der Waals surface area contributed by atoms with E-state index in [1.54, 1.807) is 6.92 Å². The lowest BCUT2D eigenvalue weighted by Crippen LogP contribution is -2.54. The van der Waals surface area contributed by atoms with Crippen LogP contribution >= 0.6 is 11.8 Å². The predicted octanol–water partition coefficient (Wildman–Crippen LogP) is 1.89. The van der Waals surface area contributed by atoms with Gasteiger partial charge in [-0.1, -0.05) is 5.16 Å². The van der Waals surface area contributed by atoms with Gasteiger partial charge >= 0.3 is 5.97 Å². The van der Waals surface area contributed by atoms with Crippen LogP contribution in [0.1, 0.15) is 36.8 Å². The molecule has 1 atom stereocenters. The summed E-state index contributed by atoms with van der Waals surface area (Å²) in [5.41, 5.74) is 0.686. The summed E-state index contributed by atoms with van der Waals surface area (Å²) in [6.45, 7) is 5.29. The smallest absolute Gasteiger partial charge is 0.329 e. The minimum absolute atomic E-state index is 0.0477. The molecule has 1 aliphatic carbocycles. The highest BCUT2D eigenvalue weighted by Crippen LogP contribution is 2.39. The van der Waals surface area contributed by atoms with E-state index in [1.807, 2.05) is 13.8 Å². The van der Waals surface area contributed by atoms with Crippen molar-refractivity contribution in [3.63, 3.8) is 0 Å². The maximum atomic E-state index is 12.0. The summed E-state index contributed by atoms with van der Waals surface area (Å²) in [6, 6.07) is 0. The topological polar surface area (TPSA) is 92.4 Å². The van der Waals surface area contributed by atoms with Gasteiger partial charge in [-0.25, -0.2) is 4.79 Å². The van der Waals surface area contributed by atoms with Gasteiger partial charge in [0.1, 0.15) is 11.3 Å². The number of aryl methyl sites for hydroxylation is 2. The Kier molecular flexibility index (Phi) is 4.61. The maximum absolute atomic E-state index is 12.0. The summed E-state index contributed by atoms with van der Waals surface area (Å²) in [5.74, 6) is 0.444. The van der Waals surface area contributed by atoms with Crippen LogP contribution in [0.25, 0.3) is 0 Å². The van der Waals surface area contributed by atoms with Crippen molar-refractivity contribution in [3.05, 3.63) is 17.0 Å². The van der Waals surface area contributed by atoms with Gasteiger partial charge in [-0.3, -0.25) is 4.79 Å². The van der Waals surface area contributed by atoms with E-state index in [4.69, 9.17) is 4.52 Å². The summed E-state index contributed by atoms with van der Waals surface area (Å²) < 4.78 is 5.06. The van der Waals surface area contributed by atoms with Gasteiger partial charge in [0.05, 0.1) is 11.4 Å². The van der Waals surface area contributed by atoms with E-state index >= 15 is 0 Å².